The maximum atomic E-state index is 12.4. The summed E-state index contributed by atoms with van der Waals surface area (Å²) >= 11 is 0. The molecule has 1 aliphatic heterocycles. The van der Waals surface area contributed by atoms with Crippen molar-refractivity contribution in [3.63, 3.8) is 0 Å². The molecule has 1 aromatic carbocycles. The minimum absolute atomic E-state index is 0.00773. The fourth-order valence-corrected chi connectivity index (χ4v) is 5.73. The van der Waals surface area contributed by atoms with Gasteiger partial charge in [0.2, 0.25) is 0 Å². The fourth-order valence-electron chi connectivity index (χ4n) is 5.73. The van der Waals surface area contributed by atoms with Gasteiger partial charge in [-0.05, 0) is 67.2 Å². The number of nitrogens with zero attached hydrogens (tertiary/aromatic N) is 2. The van der Waals surface area contributed by atoms with Crippen LogP contribution in [0.3, 0.4) is 0 Å². The van der Waals surface area contributed by atoms with Crippen molar-refractivity contribution in [3.05, 3.63) is 77.3 Å². The van der Waals surface area contributed by atoms with Gasteiger partial charge in [-0.1, -0.05) is 48.9 Å². The van der Waals surface area contributed by atoms with Gasteiger partial charge in [0, 0.05) is 19.3 Å². The minimum atomic E-state index is -0.0973. The Labute approximate surface area is 195 Å². The number of hydrogen-bond donors (Lipinski definition) is 3. The molecule has 0 saturated heterocycles. The van der Waals surface area contributed by atoms with Crippen LogP contribution in [0.4, 0.5) is 4.79 Å². The number of rotatable bonds is 6. The maximum absolute atomic E-state index is 12.4. The van der Waals surface area contributed by atoms with Crippen LogP contribution in [0.1, 0.15) is 56.0 Å². The molecule has 172 valence electrons. The topological polar surface area (TPSA) is 71.0 Å². The lowest BCUT2D eigenvalue weighted by molar-refractivity contribution is 0.216. The first-order valence-corrected chi connectivity index (χ1v) is 12.1. The summed E-state index contributed by atoms with van der Waals surface area (Å²) in [6.07, 6.45) is 14.9. The minimum Gasteiger partial charge on any atom is -0.386 e. The summed E-state index contributed by atoms with van der Waals surface area (Å²) in [6, 6.07) is 10.3. The lowest BCUT2D eigenvalue weighted by atomic mass is 9.68. The molecular formula is C27H33N5O. The SMILES string of the molecule is CCNC(=O)NC(C[C@H]1CCC2=Cc3c(cnn3C3=CNCC=C3)C[C@@]21C)c1ccccc1. The first kappa shape index (κ1) is 21.6. The van der Waals surface area contributed by atoms with Crippen LogP contribution < -0.4 is 16.0 Å². The van der Waals surface area contributed by atoms with Crippen LogP contribution in [-0.2, 0) is 6.42 Å². The Hall–Kier alpha value is -3.28. The van der Waals surface area contributed by atoms with Crippen molar-refractivity contribution in [1.82, 2.24) is 25.7 Å². The summed E-state index contributed by atoms with van der Waals surface area (Å²) in [5.41, 5.74) is 6.36. The molecule has 6 heteroatoms. The van der Waals surface area contributed by atoms with Gasteiger partial charge in [0.05, 0.1) is 23.6 Å². The predicted molar refractivity (Wildman–Crippen MR) is 132 cm³/mol. The second-order valence-electron chi connectivity index (χ2n) is 9.55. The molecule has 0 radical (unpaired) electrons. The summed E-state index contributed by atoms with van der Waals surface area (Å²) in [7, 11) is 0. The molecule has 6 nitrogen and oxygen atoms in total. The number of nitrogens with one attached hydrogen (secondary N) is 3. The first-order valence-electron chi connectivity index (χ1n) is 12.1. The Morgan fingerprint density at radius 3 is 2.94 bits per heavy atom. The van der Waals surface area contributed by atoms with Crippen LogP contribution in [0.15, 0.2) is 60.5 Å². The van der Waals surface area contributed by atoms with Gasteiger partial charge in [-0.3, -0.25) is 0 Å². The van der Waals surface area contributed by atoms with E-state index in [4.69, 9.17) is 5.10 Å². The van der Waals surface area contributed by atoms with E-state index in [1.54, 1.807) is 0 Å². The van der Waals surface area contributed by atoms with Gasteiger partial charge < -0.3 is 16.0 Å². The summed E-state index contributed by atoms with van der Waals surface area (Å²) in [5, 5.41) is 14.1. The number of carbonyl (C=O) groups excluding carboxylic acids is 1. The zero-order chi connectivity index (χ0) is 22.8. The Kier molecular flexibility index (Phi) is 5.83. The van der Waals surface area contributed by atoms with Gasteiger partial charge in [0.1, 0.15) is 0 Å². The number of fused-ring (bicyclic) bond motifs is 2. The van der Waals surface area contributed by atoms with Crippen molar-refractivity contribution in [2.45, 2.75) is 45.6 Å². The molecule has 1 saturated carbocycles. The van der Waals surface area contributed by atoms with Gasteiger partial charge >= 0.3 is 6.03 Å². The number of allylic oxidation sites excluding steroid dienone is 3. The molecule has 33 heavy (non-hydrogen) atoms. The number of dihydropyridines is 1. The molecule has 0 bridgehead atoms. The lowest BCUT2D eigenvalue weighted by Gasteiger charge is -2.37. The van der Waals surface area contributed by atoms with E-state index in [0.717, 1.165) is 43.5 Å². The molecule has 2 amide bonds. The Morgan fingerprint density at radius 1 is 1.33 bits per heavy atom. The third-order valence-electron chi connectivity index (χ3n) is 7.54. The largest absolute Gasteiger partial charge is 0.386 e. The van der Waals surface area contributed by atoms with Crippen molar-refractivity contribution in [2.75, 3.05) is 13.1 Å². The summed E-state index contributed by atoms with van der Waals surface area (Å²) in [5.74, 6) is 0.489. The molecule has 0 spiro atoms. The van der Waals surface area contributed by atoms with Crippen LogP contribution in [0.5, 0.6) is 0 Å². The molecule has 2 aromatic rings. The van der Waals surface area contributed by atoms with Gasteiger partial charge in [0.15, 0.2) is 0 Å². The molecule has 1 fully saturated rings. The highest BCUT2D eigenvalue weighted by Crippen LogP contribution is 2.55. The lowest BCUT2D eigenvalue weighted by Crippen LogP contribution is -2.40. The molecule has 5 rings (SSSR count). The van der Waals surface area contributed by atoms with E-state index in [2.05, 4.69) is 57.9 Å². The van der Waals surface area contributed by atoms with Crippen molar-refractivity contribution >= 4 is 17.8 Å². The predicted octanol–water partition coefficient (Wildman–Crippen LogP) is 4.65. The smallest absolute Gasteiger partial charge is 0.315 e. The number of hydrogen-bond acceptors (Lipinski definition) is 3. The van der Waals surface area contributed by atoms with E-state index in [9.17, 15) is 4.79 Å². The third kappa shape index (κ3) is 4.10. The molecule has 2 heterocycles. The zero-order valence-electron chi connectivity index (χ0n) is 19.5. The Balaban J connectivity index is 1.40. The molecule has 1 aromatic heterocycles. The average Bonchev–Trinajstić information content (AvgIpc) is 3.38. The van der Waals surface area contributed by atoms with Crippen LogP contribution in [0.2, 0.25) is 0 Å². The number of urea groups is 1. The molecule has 3 N–H and O–H groups in total. The quantitative estimate of drug-likeness (QED) is 0.609. The standard InChI is InChI=1S/C27H33N5O/c1-3-29-26(33)31-24(19-8-5-4-6-9-19)14-21-11-12-22-15-25-20(16-27(21,22)2)17-30-32(25)23-10-7-13-28-18-23/h4-10,15,17-18,21,24,28H,3,11-14,16H2,1-2H3,(H2,29,31,33)/t21-,24?,27-/m1/s1. The van der Waals surface area contributed by atoms with Crippen LogP contribution in [0.25, 0.3) is 11.8 Å². The van der Waals surface area contributed by atoms with E-state index in [1.807, 2.05) is 37.5 Å². The van der Waals surface area contributed by atoms with Crippen molar-refractivity contribution in [3.8, 4) is 0 Å². The van der Waals surface area contributed by atoms with E-state index in [-0.39, 0.29) is 17.5 Å². The van der Waals surface area contributed by atoms with Crippen LogP contribution in [0, 0.1) is 11.3 Å². The maximum Gasteiger partial charge on any atom is 0.315 e. The summed E-state index contributed by atoms with van der Waals surface area (Å²) in [6.45, 7) is 5.84. The van der Waals surface area contributed by atoms with E-state index in [1.165, 1.54) is 16.8 Å². The van der Waals surface area contributed by atoms with E-state index >= 15 is 0 Å². The molecule has 2 aliphatic carbocycles. The average molecular weight is 444 g/mol. The van der Waals surface area contributed by atoms with Crippen LogP contribution >= 0.6 is 0 Å². The highest BCUT2D eigenvalue weighted by Gasteiger charge is 2.46. The number of amides is 2. The highest BCUT2D eigenvalue weighted by atomic mass is 16.2. The van der Waals surface area contributed by atoms with E-state index < -0.39 is 0 Å². The van der Waals surface area contributed by atoms with Crippen molar-refractivity contribution in [1.29, 1.82) is 0 Å². The summed E-state index contributed by atoms with van der Waals surface area (Å²) in [4.78, 5) is 12.4. The first-order chi connectivity index (χ1) is 16.1. The zero-order valence-corrected chi connectivity index (χ0v) is 19.5. The van der Waals surface area contributed by atoms with Gasteiger partial charge in [-0.25, -0.2) is 9.48 Å². The van der Waals surface area contributed by atoms with Gasteiger partial charge in [0.25, 0.3) is 0 Å². The third-order valence-corrected chi connectivity index (χ3v) is 7.54. The Morgan fingerprint density at radius 2 is 2.18 bits per heavy atom. The molecule has 3 aliphatic rings. The van der Waals surface area contributed by atoms with Crippen molar-refractivity contribution in [2.24, 2.45) is 11.3 Å². The Bertz CT molecular complexity index is 1110. The monoisotopic (exact) mass is 443 g/mol. The van der Waals surface area contributed by atoms with Crippen LogP contribution in [-0.4, -0.2) is 28.9 Å². The number of carbonyl (C=O) groups is 1. The molecular weight excluding hydrogens is 410 g/mol. The van der Waals surface area contributed by atoms with Gasteiger partial charge in [-0.15, -0.1) is 0 Å². The van der Waals surface area contributed by atoms with Gasteiger partial charge in [-0.2, -0.15) is 5.10 Å². The summed E-state index contributed by atoms with van der Waals surface area (Å²) < 4.78 is 2.06. The molecule has 1 unspecified atom stereocenters. The highest BCUT2D eigenvalue weighted by molar-refractivity contribution is 5.74. The number of aromatic nitrogens is 2. The second kappa shape index (κ2) is 8.93. The molecule has 3 atom stereocenters. The van der Waals surface area contributed by atoms with E-state index in [0.29, 0.717) is 12.5 Å². The normalized spacial score (nSPS) is 24.1. The van der Waals surface area contributed by atoms with Crippen molar-refractivity contribution < 1.29 is 4.79 Å². The fraction of sp³-hybridized carbons (Fsp3) is 0.407. The second-order valence-corrected chi connectivity index (χ2v) is 9.55. The number of benzene rings is 1.